The minimum Gasteiger partial charge on any atom is -0.410 e. The van der Waals surface area contributed by atoms with Gasteiger partial charge in [-0.1, -0.05) is 19.3 Å². The molecule has 1 fully saturated rings. The van der Waals surface area contributed by atoms with Gasteiger partial charge in [-0.05, 0) is 43.0 Å². The van der Waals surface area contributed by atoms with Gasteiger partial charge >= 0.3 is 6.09 Å². The van der Waals surface area contributed by atoms with Crippen molar-refractivity contribution in [2.24, 2.45) is 0 Å². The first kappa shape index (κ1) is 12.3. The SMILES string of the molecule is O=C(NC1CCCCC1)Oc1ccc2c(c1)CCN2. The van der Waals surface area contributed by atoms with Gasteiger partial charge in [-0.25, -0.2) is 4.79 Å². The molecule has 1 aromatic carbocycles. The zero-order chi connectivity index (χ0) is 13.1. The largest absolute Gasteiger partial charge is 0.412 e. The number of fused-ring (bicyclic) bond motifs is 1. The third kappa shape index (κ3) is 3.00. The summed E-state index contributed by atoms with van der Waals surface area (Å²) in [5.41, 5.74) is 2.38. The van der Waals surface area contributed by atoms with E-state index in [0.29, 0.717) is 5.75 Å². The fourth-order valence-corrected chi connectivity index (χ4v) is 2.89. The second-order valence-corrected chi connectivity index (χ2v) is 5.36. The highest BCUT2D eigenvalue weighted by atomic mass is 16.6. The number of benzene rings is 1. The molecule has 1 aliphatic heterocycles. The maximum absolute atomic E-state index is 11.8. The zero-order valence-corrected chi connectivity index (χ0v) is 11.1. The minimum atomic E-state index is -0.321. The fourth-order valence-electron chi connectivity index (χ4n) is 2.89. The van der Waals surface area contributed by atoms with Gasteiger partial charge in [0.25, 0.3) is 0 Å². The molecule has 0 atom stereocenters. The molecule has 0 saturated heterocycles. The first-order chi connectivity index (χ1) is 9.31. The molecule has 102 valence electrons. The number of carbonyl (C=O) groups is 1. The summed E-state index contributed by atoms with van der Waals surface area (Å²) in [4.78, 5) is 11.8. The molecule has 1 saturated carbocycles. The standard InChI is InChI=1S/C15H20N2O2/c18-15(17-12-4-2-1-3-5-12)19-13-6-7-14-11(10-13)8-9-16-14/h6-7,10,12,16H,1-5,8-9H2,(H,17,18). The molecule has 0 unspecified atom stereocenters. The quantitative estimate of drug-likeness (QED) is 0.859. The van der Waals surface area contributed by atoms with E-state index in [9.17, 15) is 4.79 Å². The molecule has 1 aromatic rings. The smallest absolute Gasteiger partial charge is 0.410 e. The van der Waals surface area contributed by atoms with Crippen LogP contribution >= 0.6 is 0 Å². The number of amides is 1. The molecule has 0 spiro atoms. The molecular weight excluding hydrogens is 240 g/mol. The van der Waals surface area contributed by atoms with Crippen molar-refractivity contribution < 1.29 is 9.53 Å². The molecule has 0 aromatic heterocycles. The number of carbonyl (C=O) groups excluding carboxylic acids is 1. The van der Waals surface area contributed by atoms with Gasteiger partial charge in [0.1, 0.15) is 5.75 Å². The lowest BCUT2D eigenvalue weighted by Gasteiger charge is -2.22. The van der Waals surface area contributed by atoms with Gasteiger partial charge in [0.05, 0.1) is 0 Å². The second-order valence-electron chi connectivity index (χ2n) is 5.36. The lowest BCUT2D eigenvalue weighted by Crippen LogP contribution is -2.38. The predicted molar refractivity (Wildman–Crippen MR) is 74.7 cm³/mol. The van der Waals surface area contributed by atoms with E-state index >= 15 is 0 Å². The van der Waals surface area contributed by atoms with Crippen LogP contribution in [0.3, 0.4) is 0 Å². The summed E-state index contributed by atoms with van der Waals surface area (Å²) < 4.78 is 5.36. The van der Waals surface area contributed by atoms with E-state index in [1.165, 1.54) is 24.8 Å². The summed E-state index contributed by atoms with van der Waals surface area (Å²) in [6.07, 6.45) is 6.51. The summed E-state index contributed by atoms with van der Waals surface area (Å²) >= 11 is 0. The van der Waals surface area contributed by atoms with Crippen LogP contribution in [-0.2, 0) is 6.42 Å². The van der Waals surface area contributed by atoms with Crippen LogP contribution in [0.4, 0.5) is 10.5 Å². The normalized spacial score (nSPS) is 18.5. The molecule has 4 heteroatoms. The Bertz CT molecular complexity index is 467. The average molecular weight is 260 g/mol. The molecule has 0 radical (unpaired) electrons. The maximum Gasteiger partial charge on any atom is 0.412 e. The Morgan fingerprint density at radius 2 is 2.11 bits per heavy atom. The van der Waals surface area contributed by atoms with E-state index < -0.39 is 0 Å². The molecule has 2 aliphatic rings. The van der Waals surface area contributed by atoms with Crippen molar-refractivity contribution in [3.05, 3.63) is 23.8 Å². The van der Waals surface area contributed by atoms with E-state index in [1.54, 1.807) is 0 Å². The molecule has 19 heavy (non-hydrogen) atoms. The minimum absolute atomic E-state index is 0.289. The Labute approximate surface area is 113 Å². The van der Waals surface area contributed by atoms with E-state index in [0.717, 1.165) is 31.5 Å². The van der Waals surface area contributed by atoms with Crippen LogP contribution < -0.4 is 15.4 Å². The summed E-state index contributed by atoms with van der Waals surface area (Å²) in [5, 5.41) is 6.25. The number of nitrogens with one attached hydrogen (secondary N) is 2. The first-order valence-electron chi connectivity index (χ1n) is 7.16. The summed E-state index contributed by atoms with van der Waals surface area (Å²) in [6.45, 7) is 0.965. The second kappa shape index (κ2) is 5.51. The Balaban J connectivity index is 1.56. The summed E-state index contributed by atoms with van der Waals surface area (Å²) in [7, 11) is 0. The lowest BCUT2D eigenvalue weighted by molar-refractivity contribution is 0.192. The highest BCUT2D eigenvalue weighted by Gasteiger charge is 2.17. The van der Waals surface area contributed by atoms with E-state index in [1.807, 2.05) is 18.2 Å². The third-order valence-electron chi connectivity index (χ3n) is 3.92. The van der Waals surface area contributed by atoms with Crippen molar-refractivity contribution in [3.63, 3.8) is 0 Å². The van der Waals surface area contributed by atoms with Crippen LogP contribution in [0.2, 0.25) is 0 Å². The van der Waals surface area contributed by atoms with Crippen molar-refractivity contribution >= 4 is 11.8 Å². The van der Waals surface area contributed by atoms with Crippen molar-refractivity contribution in [1.29, 1.82) is 0 Å². The van der Waals surface area contributed by atoms with Crippen molar-refractivity contribution in [2.45, 2.75) is 44.6 Å². The average Bonchev–Trinajstić information content (AvgIpc) is 2.87. The number of ether oxygens (including phenoxy) is 1. The van der Waals surface area contributed by atoms with Crippen molar-refractivity contribution in [2.75, 3.05) is 11.9 Å². The highest BCUT2D eigenvalue weighted by molar-refractivity contribution is 5.71. The highest BCUT2D eigenvalue weighted by Crippen LogP contribution is 2.26. The third-order valence-corrected chi connectivity index (χ3v) is 3.92. The van der Waals surface area contributed by atoms with Gasteiger partial charge in [-0.15, -0.1) is 0 Å². The Morgan fingerprint density at radius 1 is 1.26 bits per heavy atom. The van der Waals surface area contributed by atoms with E-state index in [2.05, 4.69) is 10.6 Å². The van der Waals surface area contributed by atoms with Gasteiger partial charge in [0.15, 0.2) is 0 Å². The molecule has 1 amide bonds. The molecule has 3 rings (SSSR count). The topological polar surface area (TPSA) is 50.4 Å². The Morgan fingerprint density at radius 3 is 2.95 bits per heavy atom. The van der Waals surface area contributed by atoms with Crippen LogP contribution in [0.25, 0.3) is 0 Å². The number of rotatable bonds is 2. The molecule has 2 N–H and O–H groups in total. The van der Waals surface area contributed by atoms with Gasteiger partial charge in [-0.3, -0.25) is 0 Å². The van der Waals surface area contributed by atoms with Gasteiger partial charge < -0.3 is 15.4 Å². The van der Waals surface area contributed by atoms with Gasteiger partial charge in [0.2, 0.25) is 0 Å². The molecule has 1 aliphatic carbocycles. The zero-order valence-electron chi connectivity index (χ0n) is 11.1. The molecule has 1 heterocycles. The lowest BCUT2D eigenvalue weighted by atomic mass is 9.96. The number of hydrogen-bond donors (Lipinski definition) is 2. The van der Waals surface area contributed by atoms with Crippen LogP contribution in [0.5, 0.6) is 5.75 Å². The summed E-state index contributed by atoms with van der Waals surface area (Å²) in [5.74, 6) is 0.635. The number of anilines is 1. The fraction of sp³-hybridized carbons (Fsp3) is 0.533. The van der Waals surface area contributed by atoms with E-state index in [-0.39, 0.29) is 12.1 Å². The first-order valence-corrected chi connectivity index (χ1v) is 7.16. The van der Waals surface area contributed by atoms with Crippen LogP contribution in [-0.4, -0.2) is 18.7 Å². The van der Waals surface area contributed by atoms with Crippen molar-refractivity contribution in [1.82, 2.24) is 5.32 Å². The van der Waals surface area contributed by atoms with Gasteiger partial charge in [-0.2, -0.15) is 0 Å². The Hall–Kier alpha value is -1.71. The van der Waals surface area contributed by atoms with Crippen LogP contribution in [0.1, 0.15) is 37.7 Å². The Kier molecular flexibility index (Phi) is 3.58. The summed E-state index contributed by atoms with van der Waals surface area (Å²) in [6, 6.07) is 6.07. The van der Waals surface area contributed by atoms with Gasteiger partial charge in [0, 0.05) is 18.3 Å². The number of hydrogen-bond acceptors (Lipinski definition) is 3. The van der Waals surface area contributed by atoms with Crippen molar-refractivity contribution in [3.8, 4) is 5.75 Å². The van der Waals surface area contributed by atoms with E-state index in [4.69, 9.17) is 4.74 Å². The predicted octanol–water partition coefficient (Wildman–Crippen LogP) is 3.08. The van der Waals surface area contributed by atoms with Crippen LogP contribution in [0.15, 0.2) is 18.2 Å². The molecular formula is C15H20N2O2. The molecule has 4 nitrogen and oxygen atoms in total. The maximum atomic E-state index is 11.8. The van der Waals surface area contributed by atoms with Crippen LogP contribution in [0, 0.1) is 0 Å². The molecule has 0 bridgehead atoms. The monoisotopic (exact) mass is 260 g/mol.